The average Bonchev–Trinajstić information content (AvgIpc) is 3.12. The molecule has 34 heavy (non-hydrogen) atoms. The zero-order valence-corrected chi connectivity index (χ0v) is 19.1. The Labute approximate surface area is 195 Å². The second-order valence-electron chi connectivity index (χ2n) is 8.17. The predicted molar refractivity (Wildman–Crippen MR) is 126 cm³/mol. The molecule has 2 aromatic carbocycles. The molecule has 8 heteroatoms. The number of nitrogens with one attached hydrogen (secondary N) is 1. The van der Waals surface area contributed by atoms with Gasteiger partial charge in [-0.05, 0) is 56.7 Å². The number of rotatable bonds is 7. The summed E-state index contributed by atoms with van der Waals surface area (Å²) in [5, 5.41) is 0.477. The van der Waals surface area contributed by atoms with Gasteiger partial charge in [0.15, 0.2) is 6.61 Å². The van der Waals surface area contributed by atoms with E-state index in [1.165, 1.54) is 6.07 Å². The molecule has 0 fully saturated rings. The van der Waals surface area contributed by atoms with Crippen molar-refractivity contribution in [1.82, 2.24) is 14.5 Å². The molecule has 0 radical (unpaired) electrons. The maximum atomic E-state index is 14.0. The van der Waals surface area contributed by atoms with Gasteiger partial charge >= 0.3 is 5.97 Å². The third-order valence-electron chi connectivity index (χ3n) is 5.74. The van der Waals surface area contributed by atoms with Gasteiger partial charge in [0.25, 0.3) is 5.56 Å². The Balaban J connectivity index is 1.39. The van der Waals surface area contributed by atoms with E-state index in [4.69, 9.17) is 4.74 Å². The van der Waals surface area contributed by atoms with Crippen LogP contribution in [0.25, 0.3) is 16.6 Å². The maximum absolute atomic E-state index is 14.0. The Bertz CT molecular complexity index is 1470. The number of fused-ring (bicyclic) bond motifs is 1. The molecule has 0 saturated carbocycles. The largest absolute Gasteiger partial charge is 0.457 e. The molecule has 4 rings (SSSR count). The third-order valence-corrected chi connectivity index (χ3v) is 5.74. The first-order valence-corrected chi connectivity index (χ1v) is 10.9. The fraction of sp³-hybridized carbons (Fsp3) is 0.231. The van der Waals surface area contributed by atoms with Crippen LogP contribution in [0.2, 0.25) is 0 Å². The summed E-state index contributed by atoms with van der Waals surface area (Å²) in [7, 11) is 0. The van der Waals surface area contributed by atoms with Crippen molar-refractivity contribution in [3.63, 3.8) is 0 Å². The first kappa shape index (κ1) is 23.1. The van der Waals surface area contributed by atoms with Crippen molar-refractivity contribution in [2.45, 2.75) is 33.6 Å². The molecule has 2 heterocycles. The predicted octanol–water partition coefficient (Wildman–Crippen LogP) is 4.14. The molecular weight excluding hydrogens is 437 g/mol. The number of aryl methyl sites for hydroxylation is 3. The van der Waals surface area contributed by atoms with Gasteiger partial charge in [-0.15, -0.1) is 0 Å². The summed E-state index contributed by atoms with van der Waals surface area (Å²) in [6.07, 6.45) is 0.150. The van der Waals surface area contributed by atoms with Gasteiger partial charge in [0.2, 0.25) is 5.78 Å². The Hall–Kier alpha value is -4.07. The molecule has 174 valence electrons. The number of Topliss-reactive ketones (excluding diaryl/α,β-unsaturated/α-hetero) is 1. The molecule has 0 amide bonds. The Kier molecular flexibility index (Phi) is 6.40. The molecule has 0 unspecified atom stereocenters. The monoisotopic (exact) mass is 461 g/mol. The van der Waals surface area contributed by atoms with E-state index in [1.54, 1.807) is 60.9 Å². The molecule has 0 aliphatic rings. The van der Waals surface area contributed by atoms with Crippen LogP contribution < -0.4 is 5.56 Å². The summed E-state index contributed by atoms with van der Waals surface area (Å²) in [4.78, 5) is 44.1. The molecule has 0 saturated heterocycles. The lowest BCUT2D eigenvalue weighted by Crippen LogP contribution is -2.17. The molecule has 2 aromatic heterocycles. The smallest absolute Gasteiger partial charge is 0.306 e. The Morgan fingerprint density at radius 2 is 1.85 bits per heavy atom. The Morgan fingerprint density at radius 3 is 2.62 bits per heavy atom. The van der Waals surface area contributed by atoms with Crippen LogP contribution in [-0.4, -0.2) is 32.9 Å². The zero-order chi connectivity index (χ0) is 24.4. The van der Waals surface area contributed by atoms with Gasteiger partial charge in [0, 0.05) is 29.1 Å². The number of aromatic nitrogens is 3. The van der Waals surface area contributed by atoms with Crippen LogP contribution in [0.1, 0.15) is 39.6 Å². The van der Waals surface area contributed by atoms with Crippen LogP contribution in [0.15, 0.2) is 53.3 Å². The number of benzene rings is 2. The van der Waals surface area contributed by atoms with E-state index in [9.17, 15) is 18.8 Å². The normalized spacial score (nSPS) is 11.1. The lowest BCUT2D eigenvalue weighted by molar-refractivity contribution is -0.142. The highest BCUT2D eigenvalue weighted by Gasteiger charge is 2.19. The zero-order valence-electron chi connectivity index (χ0n) is 19.1. The van der Waals surface area contributed by atoms with Gasteiger partial charge in [0.05, 0.1) is 17.3 Å². The molecule has 0 atom stereocenters. The SMILES string of the molecule is Cc1ccc(-n2c(C)cc(C(=O)COC(=O)CCc3nc4ccccc4c(=O)[nH]3)c2C)cc1F. The van der Waals surface area contributed by atoms with E-state index >= 15 is 0 Å². The fourth-order valence-electron chi connectivity index (χ4n) is 3.93. The van der Waals surface area contributed by atoms with Crippen molar-refractivity contribution in [2.24, 2.45) is 0 Å². The number of ketones is 1. The highest BCUT2D eigenvalue weighted by Crippen LogP contribution is 2.23. The molecule has 7 nitrogen and oxygen atoms in total. The number of H-pyrrole nitrogens is 1. The molecule has 0 bridgehead atoms. The average molecular weight is 461 g/mol. The van der Waals surface area contributed by atoms with E-state index in [1.807, 2.05) is 6.92 Å². The summed E-state index contributed by atoms with van der Waals surface area (Å²) < 4.78 is 21.0. The van der Waals surface area contributed by atoms with Gasteiger partial charge in [-0.25, -0.2) is 9.37 Å². The molecule has 1 N–H and O–H groups in total. The minimum Gasteiger partial charge on any atom is -0.457 e. The van der Waals surface area contributed by atoms with Crippen LogP contribution >= 0.6 is 0 Å². The number of nitrogens with zero attached hydrogens (tertiary/aromatic N) is 2. The van der Waals surface area contributed by atoms with E-state index < -0.39 is 12.6 Å². The first-order chi connectivity index (χ1) is 16.2. The van der Waals surface area contributed by atoms with Crippen molar-refractivity contribution in [1.29, 1.82) is 0 Å². The Morgan fingerprint density at radius 1 is 1.09 bits per heavy atom. The van der Waals surface area contributed by atoms with Crippen molar-refractivity contribution < 1.29 is 18.7 Å². The summed E-state index contributed by atoms with van der Waals surface area (Å²) in [6, 6.07) is 13.5. The van der Waals surface area contributed by atoms with Crippen molar-refractivity contribution in [2.75, 3.05) is 6.61 Å². The highest BCUT2D eigenvalue weighted by molar-refractivity contribution is 5.99. The summed E-state index contributed by atoms with van der Waals surface area (Å²) in [6.45, 7) is 4.87. The number of esters is 1. The standard InChI is InChI=1S/C26H24FN3O4/c1-15-8-9-18(13-21(15)27)30-16(2)12-20(17(30)3)23(31)14-34-25(32)11-10-24-28-22-7-5-4-6-19(22)26(33)29-24/h4-9,12-13H,10-11,14H2,1-3H3,(H,28,29,33). The van der Waals surface area contributed by atoms with Crippen molar-refractivity contribution >= 4 is 22.7 Å². The summed E-state index contributed by atoms with van der Waals surface area (Å²) in [5.41, 5.74) is 3.25. The minimum absolute atomic E-state index is 0.0315. The summed E-state index contributed by atoms with van der Waals surface area (Å²) >= 11 is 0. The molecular formula is C26H24FN3O4. The van der Waals surface area contributed by atoms with E-state index in [0.717, 1.165) is 5.69 Å². The van der Waals surface area contributed by atoms with Crippen molar-refractivity contribution in [3.05, 3.63) is 93.0 Å². The number of para-hydroxylation sites is 1. The molecule has 0 aliphatic carbocycles. The molecule has 0 spiro atoms. The third kappa shape index (κ3) is 4.66. The van der Waals surface area contributed by atoms with Crippen molar-refractivity contribution in [3.8, 4) is 5.69 Å². The number of hydrogen-bond acceptors (Lipinski definition) is 5. The lowest BCUT2D eigenvalue weighted by atomic mass is 10.1. The first-order valence-electron chi connectivity index (χ1n) is 10.9. The van der Waals surface area contributed by atoms with Crippen LogP contribution in [0.5, 0.6) is 0 Å². The maximum Gasteiger partial charge on any atom is 0.306 e. The van der Waals surface area contributed by atoms with Crippen LogP contribution in [0.4, 0.5) is 4.39 Å². The van der Waals surface area contributed by atoms with E-state index in [0.29, 0.717) is 39.2 Å². The second kappa shape index (κ2) is 9.43. The van der Waals surface area contributed by atoms with Gasteiger partial charge in [-0.1, -0.05) is 18.2 Å². The second-order valence-corrected chi connectivity index (χ2v) is 8.17. The van der Waals surface area contributed by atoms with Gasteiger partial charge in [-0.2, -0.15) is 0 Å². The number of halogens is 1. The highest BCUT2D eigenvalue weighted by atomic mass is 19.1. The lowest BCUT2D eigenvalue weighted by Gasteiger charge is -2.11. The minimum atomic E-state index is -0.571. The van der Waals surface area contributed by atoms with Gasteiger partial charge < -0.3 is 14.3 Å². The molecule has 4 aromatic rings. The van der Waals surface area contributed by atoms with Gasteiger partial charge in [-0.3, -0.25) is 14.4 Å². The van der Waals surface area contributed by atoms with Crippen LogP contribution in [0, 0.1) is 26.6 Å². The van der Waals surface area contributed by atoms with Crippen LogP contribution in [-0.2, 0) is 16.0 Å². The number of aromatic amines is 1. The number of ether oxygens (including phenoxy) is 1. The van der Waals surface area contributed by atoms with E-state index in [2.05, 4.69) is 9.97 Å². The van der Waals surface area contributed by atoms with Gasteiger partial charge in [0.1, 0.15) is 11.6 Å². The number of carbonyl (C=O) groups excluding carboxylic acids is 2. The number of carbonyl (C=O) groups is 2. The topological polar surface area (TPSA) is 94.0 Å². The van der Waals surface area contributed by atoms with Crippen LogP contribution in [0.3, 0.4) is 0 Å². The number of hydrogen-bond donors (Lipinski definition) is 1. The molecule has 0 aliphatic heterocycles. The van der Waals surface area contributed by atoms with E-state index in [-0.39, 0.29) is 30.0 Å². The summed E-state index contributed by atoms with van der Waals surface area (Å²) in [5.74, 6) is -0.869. The fourth-order valence-corrected chi connectivity index (χ4v) is 3.93. The quantitative estimate of drug-likeness (QED) is 0.330.